The Hall–Kier alpha value is -2.35. The Morgan fingerprint density at radius 3 is 2.76 bits per heavy atom. The number of rotatable bonds is 4. The van der Waals surface area contributed by atoms with Crippen LogP contribution in [0.3, 0.4) is 0 Å². The van der Waals surface area contributed by atoms with Gasteiger partial charge in [0, 0.05) is 17.2 Å². The first-order valence-corrected chi connectivity index (χ1v) is 9.39. The third kappa shape index (κ3) is 2.70. The van der Waals surface area contributed by atoms with Crippen LogP contribution in [-0.2, 0) is 11.3 Å². The van der Waals surface area contributed by atoms with Crippen molar-refractivity contribution in [2.45, 2.75) is 6.54 Å². The van der Waals surface area contributed by atoms with E-state index in [0.717, 1.165) is 9.58 Å². The molecule has 126 valence electrons. The summed E-state index contributed by atoms with van der Waals surface area (Å²) < 4.78 is 7.50. The predicted octanol–water partition coefficient (Wildman–Crippen LogP) is 3.35. The Bertz CT molecular complexity index is 1180. The molecule has 0 aliphatic heterocycles. The smallest absolute Gasteiger partial charge is 0.266 e. The Kier molecular flexibility index (Phi) is 4.20. The summed E-state index contributed by atoms with van der Waals surface area (Å²) in [5, 5.41) is 2.65. The van der Waals surface area contributed by atoms with Gasteiger partial charge >= 0.3 is 0 Å². The number of nitrogens with zero attached hydrogens (tertiary/aromatic N) is 2. The van der Waals surface area contributed by atoms with Crippen LogP contribution < -0.4 is 11.0 Å². The van der Waals surface area contributed by atoms with Gasteiger partial charge in [0.25, 0.3) is 5.56 Å². The fourth-order valence-electron chi connectivity index (χ4n) is 2.77. The average molecular weight is 370 g/mol. The van der Waals surface area contributed by atoms with E-state index >= 15 is 0 Å². The van der Waals surface area contributed by atoms with E-state index in [1.807, 2.05) is 29.6 Å². The standard InChI is InChI=1S/C18H14N2O3S2/c1-23-9-8-20-16(13-7-4-10-24-13)19-17-14(18(20)22)15(21)11-5-2-3-6-12(11)25-17/h2-7,10H,8-9H2,1H3. The third-order valence-corrected chi connectivity index (χ3v) is 5.89. The van der Waals surface area contributed by atoms with E-state index in [0.29, 0.717) is 29.2 Å². The molecule has 1 aromatic carbocycles. The van der Waals surface area contributed by atoms with Crippen molar-refractivity contribution >= 4 is 43.0 Å². The van der Waals surface area contributed by atoms with E-state index in [1.165, 1.54) is 22.7 Å². The van der Waals surface area contributed by atoms with Gasteiger partial charge < -0.3 is 4.74 Å². The van der Waals surface area contributed by atoms with Crippen molar-refractivity contribution in [1.82, 2.24) is 9.55 Å². The Balaban J connectivity index is 2.13. The van der Waals surface area contributed by atoms with E-state index in [9.17, 15) is 9.59 Å². The van der Waals surface area contributed by atoms with E-state index in [4.69, 9.17) is 4.74 Å². The summed E-state index contributed by atoms with van der Waals surface area (Å²) in [6.07, 6.45) is 0. The van der Waals surface area contributed by atoms with Gasteiger partial charge in [0.05, 0.1) is 18.0 Å². The molecule has 3 aromatic heterocycles. The van der Waals surface area contributed by atoms with E-state index in [2.05, 4.69) is 4.98 Å². The van der Waals surface area contributed by atoms with Gasteiger partial charge in [-0.2, -0.15) is 0 Å². The van der Waals surface area contributed by atoms with Crippen molar-refractivity contribution in [2.24, 2.45) is 0 Å². The number of hydrogen-bond donors (Lipinski definition) is 0. The molecule has 0 N–H and O–H groups in total. The molecule has 0 atom stereocenters. The maximum Gasteiger partial charge on any atom is 0.266 e. The molecule has 4 aromatic rings. The Morgan fingerprint density at radius 2 is 2.00 bits per heavy atom. The number of aromatic nitrogens is 2. The number of fused-ring (bicyclic) bond motifs is 2. The number of hydrogen-bond acceptors (Lipinski definition) is 6. The Labute approximate surface area is 150 Å². The lowest BCUT2D eigenvalue weighted by molar-refractivity contribution is 0.186. The van der Waals surface area contributed by atoms with Crippen LogP contribution in [0.15, 0.2) is 51.4 Å². The largest absolute Gasteiger partial charge is 0.383 e. The quantitative estimate of drug-likeness (QED) is 0.517. The fourth-order valence-corrected chi connectivity index (χ4v) is 4.53. The zero-order valence-electron chi connectivity index (χ0n) is 13.4. The van der Waals surface area contributed by atoms with Crippen molar-refractivity contribution in [1.29, 1.82) is 0 Å². The van der Waals surface area contributed by atoms with E-state index in [-0.39, 0.29) is 16.4 Å². The number of ether oxygens (including phenoxy) is 1. The second-order valence-electron chi connectivity index (χ2n) is 5.47. The molecule has 0 amide bonds. The van der Waals surface area contributed by atoms with E-state index in [1.54, 1.807) is 23.8 Å². The lowest BCUT2D eigenvalue weighted by Crippen LogP contribution is -2.28. The molecule has 3 heterocycles. The summed E-state index contributed by atoms with van der Waals surface area (Å²) in [4.78, 5) is 32.0. The minimum atomic E-state index is -0.308. The van der Waals surface area contributed by atoms with Crippen LogP contribution in [-0.4, -0.2) is 23.3 Å². The zero-order valence-corrected chi connectivity index (χ0v) is 15.0. The summed E-state index contributed by atoms with van der Waals surface area (Å²) in [7, 11) is 1.58. The molecule has 0 aliphatic carbocycles. The molecule has 4 rings (SSSR count). The third-order valence-electron chi connectivity index (χ3n) is 3.96. The highest BCUT2D eigenvalue weighted by Gasteiger charge is 2.17. The minimum absolute atomic E-state index is 0.153. The molecule has 0 unspecified atom stereocenters. The molecule has 25 heavy (non-hydrogen) atoms. The van der Waals surface area contributed by atoms with Crippen molar-refractivity contribution in [3.8, 4) is 10.7 Å². The van der Waals surface area contributed by atoms with Crippen LogP contribution in [0.25, 0.3) is 31.0 Å². The van der Waals surface area contributed by atoms with Crippen LogP contribution in [0.1, 0.15) is 0 Å². The second-order valence-corrected chi connectivity index (χ2v) is 7.45. The topological polar surface area (TPSA) is 61.2 Å². The van der Waals surface area contributed by atoms with E-state index < -0.39 is 0 Å². The average Bonchev–Trinajstić information content (AvgIpc) is 3.15. The van der Waals surface area contributed by atoms with Crippen LogP contribution >= 0.6 is 22.7 Å². The maximum absolute atomic E-state index is 13.1. The Morgan fingerprint density at radius 1 is 1.16 bits per heavy atom. The van der Waals surface area contributed by atoms with Gasteiger partial charge in [0.1, 0.15) is 10.2 Å². The highest BCUT2D eigenvalue weighted by molar-refractivity contribution is 7.24. The SMILES string of the molecule is COCCn1c(-c2cccs2)nc2sc3ccccc3c(=O)c2c1=O. The van der Waals surface area contributed by atoms with Crippen LogP contribution in [0.4, 0.5) is 0 Å². The second kappa shape index (κ2) is 6.51. The summed E-state index contributed by atoms with van der Waals surface area (Å²) in [5.41, 5.74) is -0.566. The molecule has 0 bridgehead atoms. The lowest BCUT2D eigenvalue weighted by atomic mass is 10.2. The first-order chi connectivity index (χ1) is 12.2. The number of methoxy groups -OCH3 is 1. The number of thiophene rings is 1. The molecule has 0 saturated heterocycles. The first kappa shape index (κ1) is 16.1. The molecular formula is C18H14N2O3S2. The summed E-state index contributed by atoms with van der Waals surface area (Å²) in [6.45, 7) is 0.721. The van der Waals surface area contributed by atoms with Gasteiger partial charge in [-0.05, 0) is 23.6 Å². The van der Waals surface area contributed by atoms with Gasteiger partial charge in [-0.15, -0.1) is 22.7 Å². The van der Waals surface area contributed by atoms with Crippen LogP contribution in [0.2, 0.25) is 0 Å². The van der Waals surface area contributed by atoms with Crippen LogP contribution in [0.5, 0.6) is 0 Å². The van der Waals surface area contributed by atoms with Gasteiger partial charge in [0.2, 0.25) is 5.43 Å². The van der Waals surface area contributed by atoms with Gasteiger partial charge in [-0.3, -0.25) is 14.2 Å². The molecule has 0 aliphatic rings. The number of benzene rings is 1. The van der Waals surface area contributed by atoms with Crippen molar-refractivity contribution in [3.05, 3.63) is 62.4 Å². The summed E-state index contributed by atoms with van der Waals surface area (Å²) in [5.74, 6) is 0.579. The fraction of sp³-hybridized carbons (Fsp3) is 0.167. The van der Waals surface area contributed by atoms with Gasteiger partial charge in [0.15, 0.2) is 5.82 Å². The molecule has 0 spiro atoms. The van der Waals surface area contributed by atoms with Crippen LogP contribution in [0, 0.1) is 0 Å². The lowest BCUT2D eigenvalue weighted by Gasteiger charge is -2.12. The van der Waals surface area contributed by atoms with Crippen molar-refractivity contribution < 1.29 is 4.74 Å². The van der Waals surface area contributed by atoms with Gasteiger partial charge in [-0.1, -0.05) is 18.2 Å². The molecule has 0 saturated carbocycles. The van der Waals surface area contributed by atoms with Crippen molar-refractivity contribution in [3.63, 3.8) is 0 Å². The van der Waals surface area contributed by atoms with Gasteiger partial charge in [-0.25, -0.2) is 4.98 Å². The highest BCUT2D eigenvalue weighted by atomic mass is 32.1. The zero-order chi connectivity index (χ0) is 17.4. The first-order valence-electron chi connectivity index (χ1n) is 7.70. The molecular weight excluding hydrogens is 356 g/mol. The van der Waals surface area contributed by atoms with Crippen molar-refractivity contribution in [2.75, 3.05) is 13.7 Å². The molecule has 7 heteroatoms. The molecule has 0 radical (unpaired) electrons. The predicted molar refractivity (Wildman–Crippen MR) is 103 cm³/mol. The normalized spacial score (nSPS) is 11.4. The molecule has 5 nitrogen and oxygen atoms in total. The minimum Gasteiger partial charge on any atom is -0.383 e. The molecule has 0 fully saturated rings. The highest BCUT2D eigenvalue weighted by Crippen LogP contribution is 2.26. The monoisotopic (exact) mass is 370 g/mol. The summed E-state index contributed by atoms with van der Waals surface area (Å²) >= 11 is 2.88. The maximum atomic E-state index is 13.1. The summed E-state index contributed by atoms with van der Waals surface area (Å²) in [6, 6.07) is 11.2.